The van der Waals surface area contributed by atoms with Crippen LogP contribution in [0, 0.1) is 11.6 Å². The van der Waals surface area contributed by atoms with E-state index in [2.05, 4.69) is 22.3 Å². The molecule has 0 aromatic heterocycles. The van der Waals surface area contributed by atoms with E-state index in [-0.39, 0.29) is 29.2 Å². The van der Waals surface area contributed by atoms with Crippen LogP contribution in [0.2, 0.25) is 0 Å². The number of amides is 2. The highest BCUT2D eigenvalue weighted by molar-refractivity contribution is 5.95. The Morgan fingerprint density at radius 3 is 2.42 bits per heavy atom. The number of carbonyl (C=O) groups excluding carboxylic acids is 2. The van der Waals surface area contributed by atoms with E-state index in [9.17, 15) is 18.4 Å². The molecule has 1 fully saturated rings. The van der Waals surface area contributed by atoms with E-state index in [1.165, 1.54) is 30.7 Å². The van der Waals surface area contributed by atoms with E-state index in [1.807, 2.05) is 23.1 Å². The Hall–Kier alpha value is -3.58. The first kappa shape index (κ1) is 26.0. The smallest absolute Gasteiger partial charge is 0.257 e. The van der Waals surface area contributed by atoms with Crippen molar-refractivity contribution < 1.29 is 18.4 Å². The second kappa shape index (κ2) is 11.0. The lowest BCUT2D eigenvalue weighted by molar-refractivity contribution is -0.121. The molecule has 2 amide bonds. The van der Waals surface area contributed by atoms with Crippen LogP contribution in [0.4, 0.5) is 8.78 Å². The van der Waals surface area contributed by atoms with Crippen molar-refractivity contribution in [3.8, 4) is 0 Å². The standard InChI is InChI=1S/C31H33F2N3O2/c1-22(37)34-31(24-8-6-9-25(32)21-24)15-19-35(20-16-31)17-14-29-26-10-3-2-7-23(26)13-18-36(29)30(38)27-11-4-5-12-28(27)33/h2-12,21,29H,13-20H2,1H3,(H,34,37). The average molecular weight is 518 g/mol. The number of fused-ring (bicyclic) bond motifs is 1. The first-order valence-corrected chi connectivity index (χ1v) is 13.3. The molecule has 5 rings (SSSR count). The van der Waals surface area contributed by atoms with Crippen LogP contribution in [-0.2, 0) is 16.8 Å². The number of carbonyl (C=O) groups is 2. The Bertz CT molecular complexity index is 1320. The molecule has 2 aliphatic heterocycles. The molecule has 0 radical (unpaired) electrons. The van der Waals surface area contributed by atoms with Crippen molar-refractivity contribution in [3.63, 3.8) is 0 Å². The molecule has 198 valence electrons. The van der Waals surface area contributed by atoms with Gasteiger partial charge in [0.15, 0.2) is 0 Å². The molecule has 1 atom stereocenters. The second-order valence-corrected chi connectivity index (χ2v) is 10.3. The lowest BCUT2D eigenvalue weighted by atomic mass is 9.80. The van der Waals surface area contributed by atoms with E-state index in [0.29, 0.717) is 25.8 Å². The van der Waals surface area contributed by atoms with Crippen molar-refractivity contribution in [1.82, 2.24) is 15.1 Å². The molecule has 2 aliphatic rings. The van der Waals surface area contributed by atoms with Crippen LogP contribution in [0.15, 0.2) is 72.8 Å². The molecular weight excluding hydrogens is 484 g/mol. The van der Waals surface area contributed by atoms with E-state index < -0.39 is 11.4 Å². The first-order chi connectivity index (χ1) is 18.4. The molecular formula is C31H33F2N3O2. The van der Waals surface area contributed by atoms with Gasteiger partial charge in [0.05, 0.1) is 17.1 Å². The van der Waals surface area contributed by atoms with Gasteiger partial charge in [-0.2, -0.15) is 0 Å². The van der Waals surface area contributed by atoms with Gasteiger partial charge in [0.1, 0.15) is 11.6 Å². The number of halogens is 2. The highest BCUT2D eigenvalue weighted by atomic mass is 19.1. The molecule has 38 heavy (non-hydrogen) atoms. The number of rotatable bonds is 6. The van der Waals surface area contributed by atoms with Gasteiger partial charge >= 0.3 is 0 Å². The highest BCUT2D eigenvalue weighted by Gasteiger charge is 2.38. The first-order valence-electron chi connectivity index (χ1n) is 13.3. The number of nitrogens with zero attached hydrogens (tertiary/aromatic N) is 2. The van der Waals surface area contributed by atoms with Crippen LogP contribution >= 0.6 is 0 Å². The summed E-state index contributed by atoms with van der Waals surface area (Å²) in [5.74, 6) is -1.23. The van der Waals surface area contributed by atoms with Crippen molar-refractivity contribution in [1.29, 1.82) is 0 Å². The van der Waals surface area contributed by atoms with Gasteiger partial charge in [-0.25, -0.2) is 8.78 Å². The van der Waals surface area contributed by atoms with E-state index >= 15 is 0 Å². The summed E-state index contributed by atoms with van der Waals surface area (Å²) in [6, 6.07) is 20.7. The highest BCUT2D eigenvalue weighted by Crippen LogP contribution is 2.36. The van der Waals surface area contributed by atoms with E-state index in [1.54, 1.807) is 24.3 Å². The molecule has 1 unspecified atom stereocenters. The molecule has 7 heteroatoms. The van der Waals surface area contributed by atoms with Gasteiger partial charge in [-0.05, 0) is 66.6 Å². The second-order valence-electron chi connectivity index (χ2n) is 10.3. The van der Waals surface area contributed by atoms with Gasteiger partial charge in [0.2, 0.25) is 5.91 Å². The van der Waals surface area contributed by atoms with Crippen molar-refractivity contribution in [2.45, 2.75) is 44.2 Å². The van der Waals surface area contributed by atoms with Gasteiger partial charge in [-0.3, -0.25) is 9.59 Å². The van der Waals surface area contributed by atoms with E-state index in [0.717, 1.165) is 37.2 Å². The summed E-state index contributed by atoms with van der Waals surface area (Å²) in [5.41, 5.74) is 2.63. The maximum atomic E-state index is 14.5. The Morgan fingerprint density at radius 1 is 0.947 bits per heavy atom. The fraction of sp³-hybridized carbons (Fsp3) is 0.355. The number of likely N-dealkylation sites (tertiary alicyclic amines) is 1. The molecule has 2 heterocycles. The fourth-order valence-electron chi connectivity index (χ4n) is 6.07. The van der Waals surface area contributed by atoms with Crippen LogP contribution in [0.3, 0.4) is 0 Å². The Morgan fingerprint density at radius 2 is 1.68 bits per heavy atom. The summed E-state index contributed by atoms with van der Waals surface area (Å²) in [6.45, 7) is 4.24. The monoisotopic (exact) mass is 517 g/mol. The molecule has 0 saturated carbocycles. The lowest BCUT2D eigenvalue weighted by Crippen LogP contribution is -2.53. The Labute approximate surface area is 222 Å². The normalized spacial score (nSPS) is 19.0. The zero-order valence-electron chi connectivity index (χ0n) is 21.6. The maximum Gasteiger partial charge on any atom is 0.257 e. The van der Waals surface area contributed by atoms with Crippen LogP contribution in [-0.4, -0.2) is 47.8 Å². The predicted molar refractivity (Wildman–Crippen MR) is 143 cm³/mol. The molecule has 3 aromatic carbocycles. The molecule has 1 saturated heterocycles. The lowest BCUT2D eigenvalue weighted by Gasteiger charge is -2.44. The van der Waals surface area contributed by atoms with Crippen molar-refractivity contribution in [2.75, 3.05) is 26.2 Å². The third kappa shape index (κ3) is 5.34. The predicted octanol–water partition coefficient (Wildman–Crippen LogP) is 5.22. The van der Waals surface area contributed by atoms with Crippen molar-refractivity contribution in [2.24, 2.45) is 0 Å². The van der Waals surface area contributed by atoms with Gasteiger partial charge in [-0.1, -0.05) is 48.5 Å². The summed E-state index contributed by atoms with van der Waals surface area (Å²) in [6.07, 6.45) is 2.78. The molecule has 5 nitrogen and oxygen atoms in total. The Balaban J connectivity index is 1.32. The minimum absolute atomic E-state index is 0.102. The van der Waals surface area contributed by atoms with Crippen LogP contribution in [0.5, 0.6) is 0 Å². The third-order valence-corrected chi connectivity index (χ3v) is 8.00. The van der Waals surface area contributed by atoms with Crippen molar-refractivity contribution >= 4 is 11.8 Å². The van der Waals surface area contributed by atoms with Crippen LogP contribution < -0.4 is 5.32 Å². The third-order valence-electron chi connectivity index (χ3n) is 8.00. The number of hydrogen-bond acceptors (Lipinski definition) is 3. The van der Waals surface area contributed by atoms with Crippen LogP contribution in [0.25, 0.3) is 0 Å². The largest absolute Gasteiger partial charge is 0.347 e. The molecule has 0 aliphatic carbocycles. The van der Waals surface area contributed by atoms with Gasteiger partial charge in [0.25, 0.3) is 5.91 Å². The topological polar surface area (TPSA) is 52.7 Å². The van der Waals surface area contributed by atoms with Crippen LogP contribution in [0.1, 0.15) is 59.3 Å². The summed E-state index contributed by atoms with van der Waals surface area (Å²) in [5, 5.41) is 3.10. The molecule has 0 spiro atoms. The summed E-state index contributed by atoms with van der Waals surface area (Å²) < 4.78 is 28.5. The van der Waals surface area contributed by atoms with Gasteiger partial charge < -0.3 is 15.1 Å². The van der Waals surface area contributed by atoms with Gasteiger partial charge in [0, 0.05) is 33.1 Å². The molecule has 1 N–H and O–H groups in total. The fourth-order valence-corrected chi connectivity index (χ4v) is 6.07. The number of hydrogen-bond donors (Lipinski definition) is 1. The zero-order chi connectivity index (χ0) is 26.7. The van der Waals surface area contributed by atoms with E-state index in [4.69, 9.17) is 0 Å². The number of nitrogens with one attached hydrogen (secondary N) is 1. The average Bonchev–Trinajstić information content (AvgIpc) is 2.92. The summed E-state index contributed by atoms with van der Waals surface area (Å²) >= 11 is 0. The zero-order valence-corrected chi connectivity index (χ0v) is 21.6. The number of piperidine rings is 1. The Kier molecular flexibility index (Phi) is 7.56. The minimum Gasteiger partial charge on any atom is -0.347 e. The molecule has 3 aromatic rings. The number of benzene rings is 3. The molecule has 0 bridgehead atoms. The maximum absolute atomic E-state index is 14.5. The van der Waals surface area contributed by atoms with Crippen molar-refractivity contribution in [3.05, 3.63) is 107 Å². The SMILES string of the molecule is CC(=O)NC1(c2cccc(F)c2)CCN(CCC2c3ccccc3CCN2C(=O)c2ccccc2F)CC1. The summed E-state index contributed by atoms with van der Waals surface area (Å²) in [7, 11) is 0. The van der Waals surface area contributed by atoms with Gasteiger partial charge in [-0.15, -0.1) is 0 Å². The minimum atomic E-state index is -0.602. The quantitative estimate of drug-likeness (QED) is 0.488. The summed E-state index contributed by atoms with van der Waals surface area (Å²) in [4.78, 5) is 29.7.